The molecular formula is C22H23N5O7S. The van der Waals surface area contributed by atoms with Gasteiger partial charge in [-0.1, -0.05) is 0 Å². The van der Waals surface area contributed by atoms with E-state index >= 15 is 0 Å². The highest BCUT2D eigenvalue weighted by molar-refractivity contribution is 7.89. The van der Waals surface area contributed by atoms with Crippen molar-refractivity contribution in [3.8, 4) is 6.07 Å². The average Bonchev–Trinajstić information content (AvgIpc) is 3.12. The second kappa shape index (κ2) is 11.8. The van der Waals surface area contributed by atoms with Crippen LogP contribution in [0.1, 0.15) is 22.7 Å². The molecule has 1 aliphatic rings. The number of benzene rings is 1. The van der Waals surface area contributed by atoms with Crippen LogP contribution in [-0.4, -0.2) is 73.5 Å². The summed E-state index contributed by atoms with van der Waals surface area (Å²) in [4.78, 5) is 37.6. The molecule has 0 bridgehead atoms. The fourth-order valence-electron chi connectivity index (χ4n) is 2.98. The fourth-order valence-corrected chi connectivity index (χ4v) is 3.94. The smallest absolute Gasteiger partial charge is 0.328 e. The number of carboxylic acid groups (broad SMARTS) is 2. The number of sulfonamides is 1. The summed E-state index contributed by atoms with van der Waals surface area (Å²) in [7, 11) is 0.0443. The van der Waals surface area contributed by atoms with Crippen LogP contribution >= 0.6 is 0 Å². The number of fused-ring (bicyclic) bond motifs is 1. The Kier molecular flexibility index (Phi) is 9.18. The standard InChI is InChI=1S/C18H19N5O3S.C4H4O4/c1-23(2)8-7-21-27(25,26)13-4-6-16(20-11-13)17-14-9-12(10-19)3-5-15(14)22-18(17)24;5-3(6)1-2-4(7)8/h3-6,9,11,17,21H,7-8H2,1-2H3,(H,22,24);1-2H,(H,5,6)(H,7,8)/b;2-1+. The molecule has 1 aromatic carbocycles. The van der Waals surface area contributed by atoms with Crippen LogP contribution in [0.15, 0.2) is 53.6 Å². The van der Waals surface area contributed by atoms with Gasteiger partial charge in [-0.05, 0) is 50.0 Å². The summed E-state index contributed by atoms with van der Waals surface area (Å²) in [6, 6.07) is 9.96. The van der Waals surface area contributed by atoms with Gasteiger partial charge in [0.25, 0.3) is 0 Å². The van der Waals surface area contributed by atoms with E-state index in [0.29, 0.717) is 41.2 Å². The lowest BCUT2D eigenvalue weighted by molar-refractivity contribution is -0.134. The number of nitriles is 1. The fraction of sp³-hybridized carbons (Fsp3) is 0.227. The summed E-state index contributed by atoms with van der Waals surface area (Å²) in [5, 5.41) is 27.5. The number of hydrogen-bond donors (Lipinski definition) is 4. The lowest BCUT2D eigenvalue weighted by Crippen LogP contribution is -2.31. The number of carboxylic acids is 2. The largest absolute Gasteiger partial charge is 0.478 e. The number of rotatable bonds is 8. The third-order valence-electron chi connectivity index (χ3n) is 4.60. The van der Waals surface area contributed by atoms with Crippen LogP contribution in [0.25, 0.3) is 0 Å². The molecule has 13 heteroatoms. The average molecular weight is 502 g/mol. The molecular weight excluding hydrogens is 478 g/mol. The normalized spacial score (nSPS) is 14.6. The highest BCUT2D eigenvalue weighted by Crippen LogP contribution is 2.37. The predicted molar refractivity (Wildman–Crippen MR) is 124 cm³/mol. The second-order valence-corrected chi connectivity index (χ2v) is 9.23. The number of anilines is 1. The van der Waals surface area contributed by atoms with Gasteiger partial charge in [-0.2, -0.15) is 5.26 Å². The molecule has 0 aliphatic carbocycles. The Balaban J connectivity index is 0.000000466. The monoisotopic (exact) mass is 501 g/mol. The van der Waals surface area contributed by atoms with Crippen molar-refractivity contribution in [3.63, 3.8) is 0 Å². The number of pyridine rings is 1. The first kappa shape index (κ1) is 27.1. The van der Waals surface area contributed by atoms with Gasteiger partial charge in [0, 0.05) is 37.1 Å². The van der Waals surface area contributed by atoms with Gasteiger partial charge < -0.3 is 20.4 Å². The predicted octanol–water partition coefficient (Wildman–Crippen LogP) is 0.589. The topological polar surface area (TPSA) is 190 Å². The summed E-state index contributed by atoms with van der Waals surface area (Å²) >= 11 is 0. The molecule has 1 amide bonds. The van der Waals surface area contributed by atoms with Crippen molar-refractivity contribution in [2.24, 2.45) is 0 Å². The Morgan fingerprint density at radius 3 is 2.37 bits per heavy atom. The highest BCUT2D eigenvalue weighted by Gasteiger charge is 2.33. The van der Waals surface area contributed by atoms with E-state index in [1.165, 1.54) is 18.3 Å². The van der Waals surface area contributed by atoms with E-state index in [-0.39, 0.29) is 17.3 Å². The van der Waals surface area contributed by atoms with E-state index in [4.69, 9.17) is 15.5 Å². The van der Waals surface area contributed by atoms with Gasteiger partial charge in [0.1, 0.15) is 10.8 Å². The number of aliphatic carboxylic acids is 2. The van der Waals surface area contributed by atoms with E-state index in [9.17, 15) is 22.8 Å². The van der Waals surface area contributed by atoms with Crippen LogP contribution in [-0.2, 0) is 24.4 Å². The SMILES string of the molecule is CN(C)CCNS(=O)(=O)c1ccc(C2C(=O)Nc3ccc(C#N)cc32)nc1.O=C(O)/C=C/C(=O)O. The van der Waals surface area contributed by atoms with Gasteiger partial charge in [-0.15, -0.1) is 0 Å². The van der Waals surface area contributed by atoms with Crippen molar-refractivity contribution in [3.05, 3.63) is 65.5 Å². The number of carbonyl (C=O) groups is 3. The number of nitrogens with one attached hydrogen (secondary N) is 2. The van der Waals surface area contributed by atoms with E-state index in [2.05, 4.69) is 15.0 Å². The molecule has 0 spiro atoms. The quantitative estimate of drug-likeness (QED) is 0.372. The third kappa shape index (κ3) is 7.71. The minimum atomic E-state index is -3.66. The van der Waals surface area contributed by atoms with E-state index in [1.807, 2.05) is 25.1 Å². The van der Waals surface area contributed by atoms with E-state index in [1.54, 1.807) is 18.2 Å². The van der Waals surface area contributed by atoms with Gasteiger partial charge in [-0.3, -0.25) is 9.78 Å². The number of aromatic nitrogens is 1. The Labute approximate surface area is 201 Å². The molecule has 3 rings (SSSR count). The maximum absolute atomic E-state index is 12.3. The minimum absolute atomic E-state index is 0.0365. The number of likely N-dealkylation sites (N-methyl/N-ethyl adjacent to an activating group) is 1. The molecule has 2 aromatic rings. The summed E-state index contributed by atoms with van der Waals surface area (Å²) in [6.45, 7) is 0.859. The maximum Gasteiger partial charge on any atom is 0.328 e. The summed E-state index contributed by atoms with van der Waals surface area (Å²) in [5.74, 6) is -3.45. The third-order valence-corrected chi connectivity index (χ3v) is 6.04. The van der Waals surface area contributed by atoms with Crippen LogP contribution in [0, 0.1) is 11.3 Å². The second-order valence-electron chi connectivity index (χ2n) is 7.47. The number of nitrogens with zero attached hydrogens (tertiary/aromatic N) is 3. The van der Waals surface area contributed by atoms with Crippen molar-refractivity contribution in [1.29, 1.82) is 5.26 Å². The Bertz CT molecular complexity index is 1270. The van der Waals surface area contributed by atoms with Crippen LogP contribution in [0.4, 0.5) is 5.69 Å². The Morgan fingerprint density at radius 1 is 1.20 bits per heavy atom. The number of hydrogen-bond acceptors (Lipinski definition) is 8. The highest BCUT2D eigenvalue weighted by atomic mass is 32.2. The molecule has 4 N–H and O–H groups in total. The van der Waals surface area contributed by atoms with Crippen LogP contribution in [0.2, 0.25) is 0 Å². The molecule has 35 heavy (non-hydrogen) atoms. The van der Waals surface area contributed by atoms with Gasteiger partial charge in [0.2, 0.25) is 15.9 Å². The Morgan fingerprint density at radius 2 is 1.86 bits per heavy atom. The molecule has 0 fully saturated rings. The molecule has 0 radical (unpaired) electrons. The lowest BCUT2D eigenvalue weighted by Gasteiger charge is -2.12. The van der Waals surface area contributed by atoms with Crippen molar-refractivity contribution in [2.45, 2.75) is 10.8 Å². The van der Waals surface area contributed by atoms with E-state index in [0.717, 1.165) is 0 Å². The molecule has 184 valence electrons. The van der Waals surface area contributed by atoms with Gasteiger partial charge >= 0.3 is 11.9 Å². The molecule has 0 saturated carbocycles. The lowest BCUT2D eigenvalue weighted by atomic mass is 9.95. The number of carbonyl (C=O) groups excluding carboxylic acids is 1. The molecule has 1 aliphatic heterocycles. The summed E-state index contributed by atoms with van der Waals surface area (Å²) < 4.78 is 27.1. The summed E-state index contributed by atoms with van der Waals surface area (Å²) in [5.41, 5.74) is 2.16. The van der Waals surface area contributed by atoms with Crippen molar-refractivity contribution >= 4 is 33.6 Å². The van der Waals surface area contributed by atoms with Crippen molar-refractivity contribution in [1.82, 2.24) is 14.6 Å². The zero-order valence-electron chi connectivity index (χ0n) is 18.8. The van der Waals surface area contributed by atoms with Gasteiger partial charge in [0.05, 0.1) is 17.3 Å². The first-order valence-corrected chi connectivity index (χ1v) is 11.5. The zero-order valence-corrected chi connectivity index (χ0v) is 19.6. The molecule has 1 atom stereocenters. The number of amides is 1. The molecule has 2 heterocycles. The molecule has 1 aromatic heterocycles. The minimum Gasteiger partial charge on any atom is -0.478 e. The Hall–Kier alpha value is -4.12. The van der Waals surface area contributed by atoms with Crippen LogP contribution in [0.3, 0.4) is 0 Å². The van der Waals surface area contributed by atoms with Crippen LogP contribution < -0.4 is 10.0 Å². The zero-order chi connectivity index (χ0) is 26.2. The molecule has 1 unspecified atom stereocenters. The first-order chi connectivity index (χ1) is 16.4. The van der Waals surface area contributed by atoms with Crippen LogP contribution in [0.5, 0.6) is 0 Å². The first-order valence-electron chi connectivity index (χ1n) is 10.0. The van der Waals surface area contributed by atoms with Gasteiger partial charge in [-0.25, -0.2) is 22.7 Å². The van der Waals surface area contributed by atoms with Crippen molar-refractivity contribution in [2.75, 3.05) is 32.5 Å². The van der Waals surface area contributed by atoms with Gasteiger partial charge in [0.15, 0.2) is 0 Å². The molecule has 0 saturated heterocycles. The van der Waals surface area contributed by atoms with E-state index < -0.39 is 27.9 Å². The maximum atomic E-state index is 12.3. The molecule has 12 nitrogen and oxygen atoms in total. The summed E-state index contributed by atoms with van der Waals surface area (Å²) in [6.07, 6.45) is 2.36. The van der Waals surface area contributed by atoms with Crippen molar-refractivity contribution < 1.29 is 33.0 Å².